The van der Waals surface area contributed by atoms with Gasteiger partial charge in [-0.3, -0.25) is 4.68 Å². The minimum Gasteiger partial charge on any atom is -0.497 e. The van der Waals surface area contributed by atoms with Crippen LogP contribution in [0.5, 0.6) is 5.75 Å². The molecule has 0 saturated carbocycles. The van der Waals surface area contributed by atoms with Gasteiger partial charge in [-0.1, -0.05) is 6.07 Å². The molecule has 1 saturated heterocycles. The first-order chi connectivity index (χ1) is 11.7. The number of hydrogen-bond donors (Lipinski definition) is 1. The summed E-state index contributed by atoms with van der Waals surface area (Å²) in [6, 6.07) is 8.00. The van der Waals surface area contributed by atoms with Crippen LogP contribution < -0.4 is 15.0 Å². The molecule has 0 bridgehead atoms. The zero-order valence-electron chi connectivity index (χ0n) is 14.1. The first kappa shape index (κ1) is 16.2. The normalized spacial score (nSPS) is 14.6. The molecule has 0 atom stereocenters. The standard InChI is InChI=1S/C17H23N5O2/c1-20-13-14(12-19-20)11-18-17(23)22-8-6-21(7-9-22)15-4-3-5-16(10-15)24-2/h3-5,10,12-13H,6-9,11H2,1-2H3,(H,18,23). The quantitative estimate of drug-likeness (QED) is 0.922. The average Bonchev–Trinajstić information content (AvgIpc) is 3.05. The summed E-state index contributed by atoms with van der Waals surface area (Å²) in [5.74, 6) is 0.851. The van der Waals surface area contributed by atoms with Crippen molar-refractivity contribution < 1.29 is 9.53 Å². The number of urea groups is 1. The first-order valence-corrected chi connectivity index (χ1v) is 8.05. The Morgan fingerprint density at radius 3 is 2.75 bits per heavy atom. The highest BCUT2D eigenvalue weighted by molar-refractivity contribution is 5.74. The topological polar surface area (TPSA) is 62.6 Å². The maximum atomic E-state index is 12.3. The van der Waals surface area contributed by atoms with Crippen molar-refractivity contribution >= 4 is 11.7 Å². The Morgan fingerprint density at radius 1 is 1.29 bits per heavy atom. The van der Waals surface area contributed by atoms with E-state index in [4.69, 9.17) is 4.74 Å². The third-order valence-electron chi connectivity index (χ3n) is 4.19. The molecule has 2 aromatic rings. The smallest absolute Gasteiger partial charge is 0.317 e. The van der Waals surface area contributed by atoms with E-state index < -0.39 is 0 Å². The number of nitrogens with zero attached hydrogens (tertiary/aromatic N) is 4. The number of rotatable bonds is 4. The number of aryl methyl sites for hydroxylation is 1. The van der Waals surface area contributed by atoms with Gasteiger partial charge in [0.25, 0.3) is 0 Å². The van der Waals surface area contributed by atoms with E-state index in [0.29, 0.717) is 19.6 Å². The van der Waals surface area contributed by atoms with E-state index in [9.17, 15) is 4.79 Å². The predicted molar refractivity (Wildman–Crippen MR) is 92.2 cm³/mol. The van der Waals surface area contributed by atoms with Crippen LogP contribution in [0.25, 0.3) is 0 Å². The molecule has 128 valence electrons. The molecule has 3 rings (SSSR count). The van der Waals surface area contributed by atoms with E-state index in [1.165, 1.54) is 0 Å². The first-order valence-electron chi connectivity index (χ1n) is 8.05. The van der Waals surface area contributed by atoms with Crippen molar-refractivity contribution in [2.24, 2.45) is 7.05 Å². The van der Waals surface area contributed by atoms with Gasteiger partial charge in [0.1, 0.15) is 5.75 Å². The molecule has 1 N–H and O–H groups in total. The number of ether oxygens (including phenoxy) is 1. The van der Waals surface area contributed by atoms with Crippen molar-refractivity contribution in [2.45, 2.75) is 6.54 Å². The molecule has 24 heavy (non-hydrogen) atoms. The third kappa shape index (κ3) is 3.79. The number of amides is 2. The van der Waals surface area contributed by atoms with Crippen molar-refractivity contribution in [3.8, 4) is 5.75 Å². The SMILES string of the molecule is COc1cccc(N2CCN(C(=O)NCc3cnn(C)c3)CC2)c1. The fraction of sp³-hybridized carbons (Fsp3) is 0.412. The second kappa shape index (κ2) is 7.25. The van der Waals surface area contributed by atoms with Gasteiger partial charge in [0.15, 0.2) is 0 Å². The van der Waals surface area contributed by atoms with E-state index >= 15 is 0 Å². The Morgan fingerprint density at radius 2 is 2.08 bits per heavy atom. The molecule has 0 unspecified atom stereocenters. The molecule has 2 heterocycles. The molecule has 0 radical (unpaired) electrons. The molecular formula is C17H23N5O2. The van der Waals surface area contributed by atoms with Crippen LogP contribution in [0.1, 0.15) is 5.56 Å². The lowest BCUT2D eigenvalue weighted by molar-refractivity contribution is 0.194. The van der Waals surface area contributed by atoms with Crippen LogP contribution in [0.4, 0.5) is 10.5 Å². The van der Waals surface area contributed by atoms with Crippen molar-refractivity contribution in [1.82, 2.24) is 20.0 Å². The highest BCUT2D eigenvalue weighted by atomic mass is 16.5. The van der Waals surface area contributed by atoms with Gasteiger partial charge in [-0.25, -0.2) is 4.79 Å². The van der Waals surface area contributed by atoms with Crippen LogP contribution in [-0.2, 0) is 13.6 Å². The summed E-state index contributed by atoms with van der Waals surface area (Å²) < 4.78 is 7.00. The van der Waals surface area contributed by atoms with Crippen molar-refractivity contribution in [3.05, 3.63) is 42.2 Å². The van der Waals surface area contributed by atoms with Gasteiger partial charge in [-0.05, 0) is 12.1 Å². The van der Waals surface area contributed by atoms with E-state index in [2.05, 4.69) is 21.4 Å². The van der Waals surface area contributed by atoms with E-state index in [0.717, 1.165) is 30.1 Å². The summed E-state index contributed by atoms with van der Waals surface area (Å²) in [5.41, 5.74) is 2.13. The van der Waals surface area contributed by atoms with E-state index in [1.807, 2.05) is 36.3 Å². The average molecular weight is 329 g/mol. The number of piperazine rings is 1. The van der Waals surface area contributed by atoms with Gasteiger partial charge in [-0.15, -0.1) is 0 Å². The molecule has 1 aromatic carbocycles. The highest BCUT2D eigenvalue weighted by Crippen LogP contribution is 2.22. The molecule has 1 aromatic heterocycles. The maximum absolute atomic E-state index is 12.3. The summed E-state index contributed by atoms with van der Waals surface area (Å²) in [7, 11) is 3.53. The number of aromatic nitrogens is 2. The number of methoxy groups -OCH3 is 1. The monoisotopic (exact) mass is 329 g/mol. The molecule has 7 heteroatoms. The molecule has 2 amide bonds. The van der Waals surface area contributed by atoms with Gasteiger partial charge in [0, 0.05) is 63.3 Å². The molecule has 1 fully saturated rings. The highest BCUT2D eigenvalue weighted by Gasteiger charge is 2.21. The van der Waals surface area contributed by atoms with Crippen LogP contribution in [0, 0.1) is 0 Å². The van der Waals surface area contributed by atoms with E-state index in [-0.39, 0.29) is 6.03 Å². The van der Waals surface area contributed by atoms with Crippen LogP contribution in [-0.4, -0.2) is 54.0 Å². The van der Waals surface area contributed by atoms with E-state index in [1.54, 1.807) is 18.0 Å². The number of carbonyl (C=O) groups excluding carboxylic acids is 1. The number of hydrogen-bond acceptors (Lipinski definition) is 4. The Kier molecular flexibility index (Phi) is 4.88. The molecule has 0 aliphatic carbocycles. The summed E-state index contributed by atoms with van der Waals surface area (Å²) in [6.07, 6.45) is 3.67. The lowest BCUT2D eigenvalue weighted by atomic mass is 10.2. The van der Waals surface area contributed by atoms with Gasteiger partial charge in [0.05, 0.1) is 13.3 Å². The van der Waals surface area contributed by atoms with Crippen LogP contribution in [0.2, 0.25) is 0 Å². The Balaban J connectivity index is 1.49. The summed E-state index contributed by atoms with van der Waals surface area (Å²) in [5, 5.41) is 7.05. The number of carbonyl (C=O) groups is 1. The second-order valence-electron chi connectivity index (χ2n) is 5.86. The maximum Gasteiger partial charge on any atom is 0.317 e. The van der Waals surface area contributed by atoms with Crippen molar-refractivity contribution in [1.29, 1.82) is 0 Å². The minimum atomic E-state index is -0.0239. The van der Waals surface area contributed by atoms with Crippen LogP contribution in [0.3, 0.4) is 0 Å². The van der Waals surface area contributed by atoms with Gasteiger partial charge in [-0.2, -0.15) is 5.10 Å². The Bertz CT molecular complexity index is 692. The van der Waals surface area contributed by atoms with Crippen LogP contribution in [0.15, 0.2) is 36.7 Å². The fourth-order valence-electron chi connectivity index (χ4n) is 2.83. The van der Waals surface area contributed by atoms with Crippen LogP contribution >= 0.6 is 0 Å². The minimum absolute atomic E-state index is 0.0239. The second-order valence-corrected chi connectivity index (χ2v) is 5.86. The third-order valence-corrected chi connectivity index (χ3v) is 4.19. The molecule has 0 spiro atoms. The van der Waals surface area contributed by atoms with Gasteiger partial charge < -0.3 is 19.9 Å². The zero-order chi connectivity index (χ0) is 16.9. The van der Waals surface area contributed by atoms with Gasteiger partial charge >= 0.3 is 6.03 Å². The Hall–Kier alpha value is -2.70. The summed E-state index contributed by atoms with van der Waals surface area (Å²) >= 11 is 0. The molecule has 7 nitrogen and oxygen atoms in total. The summed E-state index contributed by atoms with van der Waals surface area (Å²) in [4.78, 5) is 16.4. The van der Waals surface area contributed by atoms with Crippen molar-refractivity contribution in [2.75, 3.05) is 38.2 Å². The number of benzene rings is 1. The molecule has 1 aliphatic heterocycles. The molecular weight excluding hydrogens is 306 g/mol. The lowest BCUT2D eigenvalue weighted by Gasteiger charge is -2.36. The number of nitrogens with one attached hydrogen (secondary N) is 1. The predicted octanol–water partition coefficient (Wildman–Crippen LogP) is 1.46. The summed E-state index contributed by atoms with van der Waals surface area (Å²) in [6.45, 7) is 3.54. The number of anilines is 1. The van der Waals surface area contributed by atoms with Crippen molar-refractivity contribution in [3.63, 3.8) is 0 Å². The Labute approximate surface area is 141 Å². The molecule has 1 aliphatic rings. The zero-order valence-corrected chi connectivity index (χ0v) is 14.1. The fourth-order valence-corrected chi connectivity index (χ4v) is 2.83. The lowest BCUT2D eigenvalue weighted by Crippen LogP contribution is -2.51. The van der Waals surface area contributed by atoms with Gasteiger partial charge in [0.2, 0.25) is 0 Å². The largest absolute Gasteiger partial charge is 0.497 e.